The predicted molar refractivity (Wildman–Crippen MR) is 76.6 cm³/mol. The number of nitrogen functional groups attached to an aromatic ring is 1. The molecule has 1 atom stereocenters. The van der Waals surface area contributed by atoms with Gasteiger partial charge in [-0.25, -0.2) is 9.78 Å². The number of methoxy groups -OCH3 is 1. The number of carbonyl (C=O) groups is 1. The van der Waals surface area contributed by atoms with E-state index in [0.29, 0.717) is 23.1 Å². The lowest BCUT2D eigenvalue weighted by Crippen LogP contribution is -2.28. The normalized spacial score (nSPS) is 22.8. The summed E-state index contributed by atoms with van der Waals surface area (Å²) in [6.45, 7) is 2.13. The average Bonchev–Trinajstić information content (AvgIpc) is 3.20. The first-order chi connectivity index (χ1) is 9.67. The van der Waals surface area contributed by atoms with Gasteiger partial charge in [-0.3, -0.25) is 4.90 Å². The molecule has 0 amide bonds. The molecule has 2 aliphatic rings. The van der Waals surface area contributed by atoms with Crippen LogP contribution in [0.25, 0.3) is 0 Å². The molecule has 1 aliphatic heterocycles. The standard InChI is InChI=1S/C14H20N4O2/c1-20-14(19)12-6-9(15)7-16-13(12)17-10-4-5-18(8-10)11-2-3-11/h6-7,10-11H,2-5,8,15H2,1H3,(H,16,17). The SMILES string of the molecule is COC(=O)c1cc(N)cnc1NC1CCN(C2CC2)C1. The van der Waals surface area contributed by atoms with Crippen molar-refractivity contribution in [3.63, 3.8) is 0 Å². The number of nitrogens with two attached hydrogens (primary N) is 1. The molecule has 6 nitrogen and oxygen atoms in total. The minimum absolute atomic E-state index is 0.329. The molecule has 0 bridgehead atoms. The molecule has 3 N–H and O–H groups in total. The molecule has 1 saturated carbocycles. The van der Waals surface area contributed by atoms with Crippen molar-refractivity contribution >= 4 is 17.5 Å². The van der Waals surface area contributed by atoms with E-state index in [2.05, 4.69) is 15.2 Å². The minimum Gasteiger partial charge on any atom is -0.465 e. The van der Waals surface area contributed by atoms with E-state index in [4.69, 9.17) is 10.5 Å². The largest absolute Gasteiger partial charge is 0.465 e. The molecular weight excluding hydrogens is 256 g/mol. The topological polar surface area (TPSA) is 80.5 Å². The highest BCUT2D eigenvalue weighted by molar-refractivity contribution is 5.95. The maximum absolute atomic E-state index is 11.8. The van der Waals surface area contributed by atoms with Gasteiger partial charge in [-0.1, -0.05) is 0 Å². The van der Waals surface area contributed by atoms with Crippen molar-refractivity contribution in [2.45, 2.75) is 31.3 Å². The summed E-state index contributed by atoms with van der Waals surface area (Å²) in [4.78, 5) is 18.5. The number of ether oxygens (including phenoxy) is 1. The fourth-order valence-corrected chi connectivity index (χ4v) is 2.73. The Morgan fingerprint density at radius 2 is 2.30 bits per heavy atom. The molecule has 1 aromatic heterocycles. The summed E-state index contributed by atoms with van der Waals surface area (Å²) in [6, 6.07) is 2.71. The number of aromatic nitrogens is 1. The Bertz CT molecular complexity index is 516. The van der Waals surface area contributed by atoms with Gasteiger partial charge >= 0.3 is 5.97 Å². The highest BCUT2D eigenvalue weighted by Gasteiger charge is 2.34. The van der Waals surface area contributed by atoms with Crippen LogP contribution in [0.15, 0.2) is 12.3 Å². The Labute approximate surface area is 118 Å². The summed E-state index contributed by atoms with van der Waals surface area (Å²) in [5, 5.41) is 3.36. The average molecular weight is 276 g/mol. The lowest BCUT2D eigenvalue weighted by atomic mass is 10.2. The van der Waals surface area contributed by atoms with Crippen LogP contribution in [0, 0.1) is 0 Å². The van der Waals surface area contributed by atoms with E-state index >= 15 is 0 Å². The number of rotatable bonds is 4. The molecule has 0 spiro atoms. The molecule has 108 valence electrons. The second kappa shape index (κ2) is 5.28. The van der Waals surface area contributed by atoms with Gasteiger partial charge in [0.2, 0.25) is 0 Å². The highest BCUT2D eigenvalue weighted by atomic mass is 16.5. The van der Waals surface area contributed by atoms with Crippen molar-refractivity contribution in [1.29, 1.82) is 0 Å². The van der Waals surface area contributed by atoms with E-state index < -0.39 is 5.97 Å². The molecule has 3 rings (SSSR count). The first-order valence-corrected chi connectivity index (χ1v) is 7.02. The number of carbonyl (C=O) groups excluding carboxylic acids is 1. The van der Waals surface area contributed by atoms with Crippen LogP contribution in [0.1, 0.15) is 29.6 Å². The van der Waals surface area contributed by atoms with Crippen molar-refractivity contribution in [2.24, 2.45) is 0 Å². The van der Waals surface area contributed by atoms with Crippen LogP contribution in [-0.4, -0.2) is 48.1 Å². The van der Waals surface area contributed by atoms with Crippen molar-refractivity contribution in [3.8, 4) is 0 Å². The van der Waals surface area contributed by atoms with Crippen molar-refractivity contribution in [3.05, 3.63) is 17.8 Å². The van der Waals surface area contributed by atoms with Gasteiger partial charge in [0.05, 0.1) is 19.0 Å². The summed E-state index contributed by atoms with van der Waals surface area (Å²) < 4.78 is 4.78. The molecule has 20 heavy (non-hydrogen) atoms. The van der Waals surface area contributed by atoms with Crippen molar-refractivity contribution in [2.75, 3.05) is 31.2 Å². The number of esters is 1. The van der Waals surface area contributed by atoms with Gasteiger partial charge in [0.1, 0.15) is 11.4 Å². The zero-order valence-electron chi connectivity index (χ0n) is 11.6. The van der Waals surface area contributed by atoms with E-state index in [1.165, 1.54) is 20.0 Å². The monoisotopic (exact) mass is 276 g/mol. The molecule has 2 fully saturated rings. The summed E-state index contributed by atoms with van der Waals surface area (Å²) in [7, 11) is 1.36. The second-order valence-corrected chi connectivity index (χ2v) is 5.51. The van der Waals surface area contributed by atoms with E-state index in [1.54, 1.807) is 12.3 Å². The summed E-state index contributed by atoms with van der Waals surface area (Å²) in [5.74, 6) is 0.151. The molecule has 1 saturated heterocycles. The third-order valence-electron chi connectivity index (χ3n) is 3.94. The molecule has 1 aromatic rings. The number of hydrogen-bond acceptors (Lipinski definition) is 6. The summed E-state index contributed by atoms with van der Waals surface area (Å²) in [5.41, 5.74) is 6.55. The Morgan fingerprint density at radius 3 is 3.00 bits per heavy atom. The first-order valence-electron chi connectivity index (χ1n) is 7.02. The number of pyridine rings is 1. The van der Waals surface area contributed by atoms with Gasteiger partial charge in [-0.15, -0.1) is 0 Å². The lowest BCUT2D eigenvalue weighted by molar-refractivity contribution is 0.0601. The first kappa shape index (κ1) is 13.2. The van der Waals surface area contributed by atoms with Crippen LogP contribution in [0.3, 0.4) is 0 Å². The van der Waals surface area contributed by atoms with Crippen LogP contribution in [0.2, 0.25) is 0 Å². The van der Waals surface area contributed by atoms with Gasteiger partial charge < -0.3 is 15.8 Å². The van der Waals surface area contributed by atoms with E-state index in [0.717, 1.165) is 25.6 Å². The Morgan fingerprint density at radius 1 is 1.50 bits per heavy atom. The maximum Gasteiger partial charge on any atom is 0.341 e. The van der Waals surface area contributed by atoms with Crippen molar-refractivity contribution in [1.82, 2.24) is 9.88 Å². The molecule has 2 heterocycles. The van der Waals surface area contributed by atoms with Crippen LogP contribution in [-0.2, 0) is 4.74 Å². The quantitative estimate of drug-likeness (QED) is 0.802. The Kier molecular flexibility index (Phi) is 3.48. The van der Waals surface area contributed by atoms with Gasteiger partial charge in [0, 0.05) is 25.2 Å². The number of anilines is 2. The van der Waals surface area contributed by atoms with E-state index in [1.807, 2.05) is 0 Å². The number of nitrogens with one attached hydrogen (secondary N) is 1. The molecular formula is C14H20N4O2. The highest BCUT2D eigenvalue weighted by Crippen LogP contribution is 2.30. The van der Waals surface area contributed by atoms with Crippen LogP contribution in [0.4, 0.5) is 11.5 Å². The lowest BCUT2D eigenvalue weighted by Gasteiger charge is -2.17. The van der Waals surface area contributed by atoms with Gasteiger partial charge in [-0.2, -0.15) is 0 Å². The van der Waals surface area contributed by atoms with Crippen LogP contribution < -0.4 is 11.1 Å². The number of hydrogen-bond donors (Lipinski definition) is 2. The predicted octanol–water partition coefficient (Wildman–Crippen LogP) is 1.10. The third-order valence-corrected chi connectivity index (χ3v) is 3.94. The summed E-state index contributed by atoms with van der Waals surface area (Å²) >= 11 is 0. The fourth-order valence-electron chi connectivity index (χ4n) is 2.73. The van der Waals surface area contributed by atoms with Gasteiger partial charge in [0.25, 0.3) is 0 Å². The molecule has 0 radical (unpaired) electrons. The molecule has 1 aliphatic carbocycles. The van der Waals surface area contributed by atoms with Gasteiger partial charge in [0.15, 0.2) is 0 Å². The smallest absolute Gasteiger partial charge is 0.341 e. The molecule has 0 aromatic carbocycles. The van der Waals surface area contributed by atoms with Crippen molar-refractivity contribution < 1.29 is 9.53 Å². The third kappa shape index (κ3) is 2.70. The Hall–Kier alpha value is -1.82. The number of nitrogens with zero attached hydrogens (tertiary/aromatic N) is 2. The number of likely N-dealkylation sites (tertiary alicyclic amines) is 1. The second-order valence-electron chi connectivity index (χ2n) is 5.51. The zero-order valence-corrected chi connectivity index (χ0v) is 11.6. The van der Waals surface area contributed by atoms with E-state index in [-0.39, 0.29) is 0 Å². The minimum atomic E-state index is -0.413. The van der Waals surface area contributed by atoms with Crippen LogP contribution >= 0.6 is 0 Å². The van der Waals surface area contributed by atoms with E-state index in [9.17, 15) is 4.79 Å². The molecule has 1 unspecified atom stereocenters. The summed E-state index contributed by atoms with van der Waals surface area (Å²) in [6.07, 6.45) is 5.27. The van der Waals surface area contributed by atoms with Crippen LogP contribution in [0.5, 0.6) is 0 Å². The molecule has 6 heteroatoms. The maximum atomic E-state index is 11.8. The fraction of sp³-hybridized carbons (Fsp3) is 0.571. The zero-order chi connectivity index (χ0) is 14.1. The Balaban J connectivity index is 1.71. The van der Waals surface area contributed by atoms with Gasteiger partial charge in [-0.05, 0) is 25.3 Å².